The van der Waals surface area contributed by atoms with Crippen molar-refractivity contribution >= 4 is 11.5 Å². The van der Waals surface area contributed by atoms with Crippen LogP contribution in [0, 0.1) is 0 Å². The van der Waals surface area contributed by atoms with Crippen molar-refractivity contribution in [2.75, 3.05) is 14.2 Å². The van der Waals surface area contributed by atoms with E-state index in [1.54, 1.807) is 0 Å². The molecule has 0 spiro atoms. The van der Waals surface area contributed by atoms with Gasteiger partial charge in [0, 0.05) is 0 Å². The number of benzene rings is 2. The minimum absolute atomic E-state index is 0.394. The maximum atomic E-state index is 12.0. The minimum atomic E-state index is -0.394. The Bertz CT molecular complexity index is 645. The van der Waals surface area contributed by atoms with Crippen molar-refractivity contribution in [3.05, 3.63) is 77.5 Å². The van der Waals surface area contributed by atoms with Crippen molar-refractivity contribution in [2.45, 2.75) is 12.8 Å². The molecule has 0 radical (unpaired) electrons. The molecule has 2 rings (SSSR count). The van der Waals surface area contributed by atoms with E-state index in [1.165, 1.54) is 26.0 Å². The van der Waals surface area contributed by atoms with Gasteiger partial charge < -0.3 is 9.47 Å². The van der Waals surface area contributed by atoms with Crippen molar-refractivity contribution in [3.63, 3.8) is 0 Å². The summed E-state index contributed by atoms with van der Waals surface area (Å²) in [5.74, 6) is -0.394. The molecule has 0 N–H and O–H groups in total. The fourth-order valence-electron chi connectivity index (χ4n) is 2.37. The van der Waals surface area contributed by atoms with Crippen molar-refractivity contribution < 1.29 is 14.3 Å². The second kappa shape index (κ2) is 8.03. The lowest BCUT2D eigenvalue weighted by Gasteiger charge is -2.11. The van der Waals surface area contributed by atoms with Gasteiger partial charge in [0.2, 0.25) is 0 Å². The van der Waals surface area contributed by atoms with Crippen LogP contribution in [0.5, 0.6) is 0 Å². The first-order valence-electron chi connectivity index (χ1n) is 7.19. The summed E-state index contributed by atoms with van der Waals surface area (Å²) in [6.07, 6.45) is 3.20. The Labute approximate surface area is 131 Å². The second-order valence-corrected chi connectivity index (χ2v) is 4.90. The summed E-state index contributed by atoms with van der Waals surface area (Å²) in [5, 5.41) is 0. The zero-order valence-electron chi connectivity index (χ0n) is 12.9. The van der Waals surface area contributed by atoms with Gasteiger partial charge in [-0.25, -0.2) is 4.79 Å². The lowest BCUT2D eigenvalue weighted by Crippen LogP contribution is -2.07. The Hall–Kier alpha value is -2.55. The molecule has 2 aromatic carbocycles. The van der Waals surface area contributed by atoms with Crippen LogP contribution in [0.4, 0.5) is 0 Å². The molecule has 0 unspecified atom stereocenters. The van der Waals surface area contributed by atoms with Gasteiger partial charge in [0.1, 0.15) is 5.57 Å². The number of aryl methyl sites for hydroxylation is 2. The van der Waals surface area contributed by atoms with Crippen LogP contribution >= 0.6 is 0 Å². The molecule has 0 aromatic heterocycles. The highest BCUT2D eigenvalue weighted by Gasteiger charge is 2.16. The molecule has 22 heavy (non-hydrogen) atoms. The number of methoxy groups -OCH3 is 2. The van der Waals surface area contributed by atoms with Gasteiger partial charge >= 0.3 is 5.97 Å². The van der Waals surface area contributed by atoms with Crippen LogP contribution in [0.1, 0.15) is 16.7 Å². The van der Waals surface area contributed by atoms with Gasteiger partial charge in [-0.3, -0.25) is 0 Å². The van der Waals surface area contributed by atoms with Gasteiger partial charge in [0.25, 0.3) is 0 Å². The predicted octanol–water partition coefficient (Wildman–Crippen LogP) is 3.63. The predicted molar refractivity (Wildman–Crippen MR) is 87.3 cm³/mol. The molecule has 0 heterocycles. The average molecular weight is 296 g/mol. The summed E-state index contributed by atoms with van der Waals surface area (Å²) < 4.78 is 9.89. The SMILES string of the molecule is CO/C=C(/C(=O)OC)c1ccccc1CCc1ccccc1. The van der Waals surface area contributed by atoms with E-state index in [0.717, 1.165) is 24.0 Å². The molecule has 3 nitrogen and oxygen atoms in total. The van der Waals surface area contributed by atoms with Gasteiger partial charge in [0.05, 0.1) is 20.5 Å². The zero-order valence-corrected chi connectivity index (χ0v) is 12.9. The van der Waals surface area contributed by atoms with Gasteiger partial charge in [-0.05, 0) is 29.5 Å². The fraction of sp³-hybridized carbons (Fsp3) is 0.211. The first-order chi connectivity index (χ1) is 10.8. The highest BCUT2D eigenvalue weighted by molar-refractivity contribution is 6.16. The summed E-state index contributed by atoms with van der Waals surface area (Å²) in [4.78, 5) is 12.0. The van der Waals surface area contributed by atoms with Gasteiger partial charge in [-0.2, -0.15) is 0 Å². The van der Waals surface area contributed by atoms with Crippen molar-refractivity contribution in [1.82, 2.24) is 0 Å². The summed E-state index contributed by atoms with van der Waals surface area (Å²) in [6.45, 7) is 0. The Morgan fingerprint density at radius 1 is 0.955 bits per heavy atom. The molecular weight excluding hydrogens is 276 g/mol. The van der Waals surface area contributed by atoms with Crippen molar-refractivity contribution in [3.8, 4) is 0 Å². The number of carbonyl (C=O) groups excluding carboxylic acids is 1. The normalized spacial score (nSPS) is 11.1. The van der Waals surface area contributed by atoms with Crippen molar-refractivity contribution in [2.24, 2.45) is 0 Å². The summed E-state index contributed by atoms with van der Waals surface area (Å²) in [5.41, 5.74) is 3.66. The Morgan fingerprint density at radius 2 is 1.64 bits per heavy atom. The number of hydrogen-bond acceptors (Lipinski definition) is 3. The first kappa shape index (κ1) is 15.8. The fourth-order valence-corrected chi connectivity index (χ4v) is 2.37. The maximum Gasteiger partial charge on any atom is 0.341 e. The molecule has 0 fully saturated rings. The van der Waals surface area contributed by atoms with Gasteiger partial charge in [-0.15, -0.1) is 0 Å². The number of rotatable bonds is 6. The third-order valence-corrected chi connectivity index (χ3v) is 3.47. The Kier molecular flexibility index (Phi) is 5.78. The minimum Gasteiger partial charge on any atom is -0.503 e. The average Bonchev–Trinajstić information content (AvgIpc) is 2.58. The van der Waals surface area contributed by atoms with Gasteiger partial charge in [0.15, 0.2) is 0 Å². The van der Waals surface area contributed by atoms with E-state index in [-0.39, 0.29) is 0 Å². The smallest absolute Gasteiger partial charge is 0.341 e. The van der Waals surface area contributed by atoms with E-state index in [2.05, 4.69) is 12.1 Å². The molecule has 0 amide bonds. The van der Waals surface area contributed by atoms with Crippen LogP contribution in [0.25, 0.3) is 5.57 Å². The van der Waals surface area contributed by atoms with E-state index in [4.69, 9.17) is 9.47 Å². The topological polar surface area (TPSA) is 35.5 Å². The third kappa shape index (κ3) is 3.98. The molecule has 0 aliphatic heterocycles. The summed E-state index contributed by atoms with van der Waals surface area (Å²) >= 11 is 0. The largest absolute Gasteiger partial charge is 0.503 e. The van der Waals surface area contributed by atoms with E-state index in [1.807, 2.05) is 42.5 Å². The standard InChI is InChI=1S/C19H20O3/c1-21-14-18(19(20)22-2)17-11-7-6-10-16(17)13-12-15-8-4-3-5-9-15/h3-11,14H,12-13H2,1-2H3/b18-14+. The molecule has 3 heteroatoms. The van der Waals surface area contributed by atoms with Crippen LogP contribution in [-0.4, -0.2) is 20.2 Å². The maximum absolute atomic E-state index is 12.0. The summed E-state index contributed by atoms with van der Waals surface area (Å²) in [6, 6.07) is 18.1. The highest BCUT2D eigenvalue weighted by Crippen LogP contribution is 2.22. The van der Waals surface area contributed by atoms with Crippen LogP contribution in [0.3, 0.4) is 0 Å². The molecule has 0 aliphatic carbocycles. The van der Waals surface area contributed by atoms with E-state index >= 15 is 0 Å². The molecule has 0 saturated carbocycles. The number of carbonyl (C=O) groups is 1. The van der Waals surface area contributed by atoms with Crippen LogP contribution in [0.2, 0.25) is 0 Å². The molecule has 0 atom stereocenters. The number of ether oxygens (including phenoxy) is 2. The lowest BCUT2D eigenvalue weighted by atomic mass is 9.95. The number of hydrogen-bond donors (Lipinski definition) is 0. The summed E-state index contributed by atoms with van der Waals surface area (Å²) in [7, 11) is 2.90. The lowest BCUT2D eigenvalue weighted by molar-refractivity contribution is -0.133. The zero-order chi connectivity index (χ0) is 15.8. The van der Waals surface area contributed by atoms with Crippen molar-refractivity contribution in [1.29, 1.82) is 0 Å². The molecule has 0 bridgehead atoms. The molecule has 0 aliphatic rings. The monoisotopic (exact) mass is 296 g/mol. The van der Waals surface area contributed by atoms with E-state index in [9.17, 15) is 4.79 Å². The van der Waals surface area contributed by atoms with E-state index < -0.39 is 5.97 Å². The van der Waals surface area contributed by atoms with Crippen LogP contribution in [-0.2, 0) is 27.1 Å². The Morgan fingerprint density at radius 3 is 2.32 bits per heavy atom. The van der Waals surface area contributed by atoms with Crippen LogP contribution < -0.4 is 0 Å². The number of esters is 1. The molecule has 114 valence electrons. The highest BCUT2D eigenvalue weighted by atomic mass is 16.5. The molecular formula is C19H20O3. The first-order valence-corrected chi connectivity index (χ1v) is 7.19. The molecule has 2 aromatic rings. The quantitative estimate of drug-likeness (QED) is 0.464. The van der Waals surface area contributed by atoms with Crippen LogP contribution in [0.15, 0.2) is 60.9 Å². The van der Waals surface area contributed by atoms with Gasteiger partial charge in [-0.1, -0.05) is 54.6 Å². The Balaban J connectivity index is 2.26. The van der Waals surface area contributed by atoms with E-state index in [0.29, 0.717) is 5.57 Å². The third-order valence-electron chi connectivity index (χ3n) is 3.47. The second-order valence-electron chi connectivity index (χ2n) is 4.90. The molecule has 0 saturated heterocycles.